The number of aromatic nitrogens is 1. The lowest BCUT2D eigenvalue weighted by molar-refractivity contribution is 0.252. The van der Waals surface area contributed by atoms with Gasteiger partial charge in [-0.1, -0.05) is 0 Å². The van der Waals surface area contributed by atoms with Crippen LogP contribution in [-0.4, -0.2) is 37.1 Å². The van der Waals surface area contributed by atoms with Crippen molar-refractivity contribution in [2.24, 2.45) is 0 Å². The standard InChI is InChI=1S/C11H19N3O/c1-8-10(13-11(12-2)15-8)9-4-6-14(3)7-5-9/h9H,4-7H2,1-3H3,(H,12,13). The minimum Gasteiger partial charge on any atom is -0.429 e. The van der Waals surface area contributed by atoms with Crippen LogP contribution in [-0.2, 0) is 0 Å². The SMILES string of the molecule is CNc1nc(C2CCN(C)CC2)c(C)o1. The number of oxazole rings is 1. The van der Waals surface area contributed by atoms with Crippen LogP contribution in [0.2, 0.25) is 0 Å². The molecule has 2 heterocycles. The largest absolute Gasteiger partial charge is 0.429 e. The van der Waals surface area contributed by atoms with Gasteiger partial charge in [-0.15, -0.1) is 0 Å². The molecule has 1 N–H and O–H groups in total. The first kappa shape index (κ1) is 10.5. The highest BCUT2D eigenvalue weighted by Gasteiger charge is 2.23. The van der Waals surface area contributed by atoms with Crippen molar-refractivity contribution in [2.75, 3.05) is 32.5 Å². The highest BCUT2D eigenvalue weighted by Crippen LogP contribution is 2.30. The Hall–Kier alpha value is -1.03. The van der Waals surface area contributed by atoms with Gasteiger partial charge in [0, 0.05) is 13.0 Å². The van der Waals surface area contributed by atoms with Gasteiger partial charge in [0.05, 0.1) is 5.69 Å². The predicted octanol–water partition coefficient (Wildman–Crippen LogP) is 1.83. The van der Waals surface area contributed by atoms with Crippen molar-refractivity contribution < 1.29 is 4.42 Å². The van der Waals surface area contributed by atoms with E-state index in [0.29, 0.717) is 11.9 Å². The van der Waals surface area contributed by atoms with Crippen molar-refractivity contribution in [2.45, 2.75) is 25.7 Å². The number of piperidine rings is 1. The van der Waals surface area contributed by atoms with Crippen LogP contribution in [0.25, 0.3) is 0 Å². The molecule has 1 aromatic rings. The van der Waals surface area contributed by atoms with Gasteiger partial charge in [-0.3, -0.25) is 0 Å². The van der Waals surface area contributed by atoms with Gasteiger partial charge in [0.25, 0.3) is 6.01 Å². The predicted molar refractivity (Wildman–Crippen MR) is 60.3 cm³/mol. The summed E-state index contributed by atoms with van der Waals surface area (Å²) in [5.41, 5.74) is 1.15. The van der Waals surface area contributed by atoms with Gasteiger partial charge in [-0.05, 0) is 39.9 Å². The molecule has 0 bridgehead atoms. The summed E-state index contributed by atoms with van der Waals surface area (Å²) in [6.45, 7) is 4.32. The molecule has 1 aliphatic rings. The third-order valence-corrected chi connectivity index (χ3v) is 3.15. The maximum atomic E-state index is 5.51. The second kappa shape index (κ2) is 4.23. The van der Waals surface area contributed by atoms with Gasteiger partial charge >= 0.3 is 0 Å². The Morgan fingerprint density at radius 3 is 2.60 bits per heavy atom. The van der Waals surface area contributed by atoms with Gasteiger partial charge in [0.15, 0.2) is 0 Å². The summed E-state index contributed by atoms with van der Waals surface area (Å²) in [6.07, 6.45) is 2.38. The first-order valence-corrected chi connectivity index (χ1v) is 5.54. The average Bonchev–Trinajstić information content (AvgIpc) is 2.61. The molecule has 2 rings (SSSR count). The van der Waals surface area contributed by atoms with Crippen LogP contribution in [0.5, 0.6) is 0 Å². The molecule has 1 aromatic heterocycles. The van der Waals surface area contributed by atoms with Crippen molar-refractivity contribution in [3.05, 3.63) is 11.5 Å². The van der Waals surface area contributed by atoms with E-state index in [1.807, 2.05) is 14.0 Å². The lowest BCUT2D eigenvalue weighted by Crippen LogP contribution is -2.29. The van der Waals surface area contributed by atoms with E-state index in [0.717, 1.165) is 24.5 Å². The molecule has 0 amide bonds. The van der Waals surface area contributed by atoms with Crippen LogP contribution in [0.15, 0.2) is 4.42 Å². The maximum Gasteiger partial charge on any atom is 0.294 e. The Labute approximate surface area is 90.7 Å². The second-order valence-corrected chi connectivity index (χ2v) is 4.29. The summed E-state index contributed by atoms with van der Waals surface area (Å²) >= 11 is 0. The van der Waals surface area contributed by atoms with Crippen molar-refractivity contribution >= 4 is 6.01 Å². The normalized spacial score (nSPS) is 19.4. The number of hydrogen-bond donors (Lipinski definition) is 1. The monoisotopic (exact) mass is 209 g/mol. The Bertz CT molecular complexity index is 327. The Balaban J connectivity index is 2.11. The molecular weight excluding hydrogens is 190 g/mol. The van der Waals surface area contributed by atoms with Crippen molar-refractivity contribution in [1.82, 2.24) is 9.88 Å². The first-order valence-electron chi connectivity index (χ1n) is 5.54. The van der Waals surface area contributed by atoms with E-state index >= 15 is 0 Å². The van der Waals surface area contributed by atoms with E-state index in [4.69, 9.17) is 4.42 Å². The van der Waals surface area contributed by atoms with E-state index in [2.05, 4.69) is 22.2 Å². The summed E-state index contributed by atoms with van der Waals surface area (Å²) in [5.74, 6) is 1.54. The fourth-order valence-corrected chi connectivity index (χ4v) is 2.18. The topological polar surface area (TPSA) is 41.3 Å². The van der Waals surface area contributed by atoms with Gasteiger partial charge in [-0.25, -0.2) is 0 Å². The average molecular weight is 209 g/mol. The van der Waals surface area contributed by atoms with Crippen LogP contribution < -0.4 is 5.32 Å². The van der Waals surface area contributed by atoms with E-state index in [1.54, 1.807) is 0 Å². The number of likely N-dealkylation sites (tertiary alicyclic amines) is 1. The van der Waals surface area contributed by atoms with E-state index in [1.165, 1.54) is 12.8 Å². The molecule has 0 radical (unpaired) electrons. The molecule has 15 heavy (non-hydrogen) atoms. The van der Waals surface area contributed by atoms with Gasteiger partial charge in [0.1, 0.15) is 5.76 Å². The van der Waals surface area contributed by atoms with Crippen LogP contribution in [0.3, 0.4) is 0 Å². The molecule has 4 nitrogen and oxygen atoms in total. The van der Waals surface area contributed by atoms with E-state index < -0.39 is 0 Å². The second-order valence-electron chi connectivity index (χ2n) is 4.29. The Kier molecular flexibility index (Phi) is 2.95. The molecule has 1 aliphatic heterocycles. The van der Waals surface area contributed by atoms with Gasteiger partial charge < -0.3 is 14.6 Å². The minimum absolute atomic E-state index is 0.576. The van der Waals surface area contributed by atoms with Crippen molar-refractivity contribution in [3.63, 3.8) is 0 Å². The summed E-state index contributed by atoms with van der Waals surface area (Å²) in [7, 11) is 4.01. The number of aryl methyl sites for hydroxylation is 1. The number of nitrogens with zero attached hydrogens (tertiary/aromatic N) is 2. The molecular formula is C11H19N3O. The number of rotatable bonds is 2. The lowest BCUT2D eigenvalue weighted by Gasteiger charge is -2.27. The minimum atomic E-state index is 0.576. The number of nitrogens with one attached hydrogen (secondary N) is 1. The summed E-state index contributed by atoms with van der Waals surface area (Å²) in [4.78, 5) is 6.85. The molecule has 0 aliphatic carbocycles. The van der Waals surface area contributed by atoms with Crippen molar-refractivity contribution in [3.8, 4) is 0 Å². The lowest BCUT2D eigenvalue weighted by atomic mass is 9.93. The maximum absolute atomic E-state index is 5.51. The quantitative estimate of drug-likeness (QED) is 0.807. The molecule has 0 unspecified atom stereocenters. The zero-order valence-corrected chi connectivity index (χ0v) is 9.71. The summed E-state index contributed by atoms with van der Waals surface area (Å²) in [5, 5.41) is 2.95. The molecule has 1 fully saturated rings. The fraction of sp³-hybridized carbons (Fsp3) is 0.727. The third-order valence-electron chi connectivity index (χ3n) is 3.15. The highest BCUT2D eigenvalue weighted by atomic mass is 16.4. The fourth-order valence-electron chi connectivity index (χ4n) is 2.18. The van der Waals surface area contributed by atoms with E-state index in [9.17, 15) is 0 Å². The smallest absolute Gasteiger partial charge is 0.294 e. The van der Waals surface area contributed by atoms with Gasteiger partial charge in [0.2, 0.25) is 0 Å². The van der Waals surface area contributed by atoms with Crippen LogP contribution >= 0.6 is 0 Å². The molecule has 0 spiro atoms. The zero-order chi connectivity index (χ0) is 10.8. The molecule has 1 saturated heterocycles. The molecule has 4 heteroatoms. The number of anilines is 1. The van der Waals surface area contributed by atoms with Gasteiger partial charge in [-0.2, -0.15) is 4.98 Å². The Morgan fingerprint density at radius 1 is 1.40 bits per heavy atom. The Morgan fingerprint density at radius 2 is 2.07 bits per heavy atom. The number of hydrogen-bond acceptors (Lipinski definition) is 4. The molecule has 84 valence electrons. The van der Waals surface area contributed by atoms with Crippen molar-refractivity contribution in [1.29, 1.82) is 0 Å². The summed E-state index contributed by atoms with van der Waals surface area (Å²) < 4.78 is 5.51. The first-order chi connectivity index (χ1) is 7.20. The third kappa shape index (κ3) is 2.15. The van der Waals surface area contributed by atoms with Crippen LogP contribution in [0, 0.1) is 6.92 Å². The molecule has 0 aromatic carbocycles. The molecule has 0 atom stereocenters. The van der Waals surface area contributed by atoms with E-state index in [-0.39, 0.29) is 0 Å². The molecule has 0 saturated carbocycles. The zero-order valence-electron chi connectivity index (χ0n) is 9.71. The van der Waals surface area contributed by atoms with Crippen LogP contribution in [0.1, 0.15) is 30.2 Å². The van der Waals surface area contributed by atoms with Crippen LogP contribution in [0.4, 0.5) is 6.01 Å². The highest BCUT2D eigenvalue weighted by molar-refractivity contribution is 5.26. The summed E-state index contributed by atoms with van der Waals surface area (Å²) in [6, 6.07) is 0.640.